The summed E-state index contributed by atoms with van der Waals surface area (Å²) in [6, 6.07) is 10.7. The van der Waals surface area contributed by atoms with Gasteiger partial charge >= 0.3 is 0 Å². The smallest absolute Gasteiger partial charge is 0.259 e. The lowest BCUT2D eigenvalue weighted by Crippen LogP contribution is -2.35. The molecular formula is C20H18N4O5. The Balaban J connectivity index is 1.55. The van der Waals surface area contributed by atoms with Crippen LogP contribution >= 0.6 is 0 Å². The minimum Gasteiger partial charge on any atom is -0.508 e. The Morgan fingerprint density at radius 2 is 2.00 bits per heavy atom. The average molecular weight is 394 g/mol. The second-order valence-corrected chi connectivity index (χ2v) is 6.58. The molecule has 1 aliphatic rings. The number of aromatic hydroxyl groups is 1. The highest BCUT2D eigenvalue weighted by atomic mass is 16.5. The lowest BCUT2D eigenvalue weighted by Gasteiger charge is -2.25. The number of carbonyl (C=O) groups is 2. The number of aryl methyl sites for hydroxylation is 1. The Kier molecular flexibility index (Phi) is 4.55. The molecule has 0 radical (unpaired) electrons. The zero-order valence-corrected chi connectivity index (χ0v) is 15.7. The molecule has 2 heterocycles. The summed E-state index contributed by atoms with van der Waals surface area (Å²) in [5.41, 5.74) is 0.647. The van der Waals surface area contributed by atoms with Gasteiger partial charge in [-0.15, -0.1) is 0 Å². The van der Waals surface area contributed by atoms with Gasteiger partial charge in [-0.05, 0) is 24.3 Å². The summed E-state index contributed by atoms with van der Waals surface area (Å²) in [6.07, 6.45) is 1.70. The molecule has 2 aromatic carbocycles. The Bertz CT molecular complexity index is 1110. The van der Waals surface area contributed by atoms with Crippen LogP contribution in [0, 0.1) is 0 Å². The lowest BCUT2D eigenvalue weighted by atomic mass is 10.1. The summed E-state index contributed by atoms with van der Waals surface area (Å²) in [5, 5.41) is 16.7. The van der Waals surface area contributed by atoms with Gasteiger partial charge in [0.15, 0.2) is 12.5 Å². The maximum atomic E-state index is 12.4. The number of nitrogens with one attached hydrogen (secondary N) is 1. The number of hydrogen-bond acceptors (Lipinski definition) is 6. The molecule has 4 rings (SSSR count). The van der Waals surface area contributed by atoms with E-state index in [0.29, 0.717) is 22.9 Å². The number of rotatable bonds is 4. The molecule has 0 fully saturated rings. The number of anilines is 1. The first-order valence-corrected chi connectivity index (χ1v) is 8.74. The molecule has 0 unspecified atom stereocenters. The van der Waals surface area contributed by atoms with E-state index in [1.54, 1.807) is 49.2 Å². The van der Waals surface area contributed by atoms with Gasteiger partial charge in [-0.2, -0.15) is 5.10 Å². The highest BCUT2D eigenvalue weighted by Gasteiger charge is 2.23. The van der Waals surface area contributed by atoms with Crippen LogP contribution in [0.15, 0.2) is 48.7 Å². The van der Waals surface area contributed by atoms with Gasteiger partial charge in [0, 0.05) is 44.1 Å². The fraction of sp³-hybridized carbons (Fsp3) is 0.150. The number of aromatic nitrogens is 2. The molecular weight excluding hydrogens is 376 g/mol. The van der Waals surface area contributed by atoms with Crippen molar-refractivity contribution in [2.24, 2.45) is 7.05 Å². The van der Waals surface area contributed by atoms with E-state index in [9.17, 15) is 14.7 Å². The normalized spacial score (nSPS) is 12.9. The number of carbonyl (C=O) groups excluding carboxylic acids is 2. The zero-order chi connectivity index (χ0) is 20.5. The molecule has 1 aliphatic heterocycles. The van der Waals surface area contributed by atoms with Gasteiger partial charge in [0.25, 0.3) is 11.8 Å². The Morgan fingerprint density at radius 1 is 1.17 bits per heavy atom. The van der Waals surface area contributed by atoms with Crippen molar-refractivity contribution in [2.45, 2.75) is 0 Å². The van der Waals surface area contributed by atoms with Crippen LogP contribution in [0.1, 0.15) is 20.7 Å². The summed E-state index contributed by atoms with van der Waals surface area (Å²) >= 11 is 0. The predicted octanol–water partition coefficient (Wildman–Crippen LogP) is 2.59. The van der Waals surface area contributed by atoms with Crippen LogP contribution in [0.4, 0.5) is 5.82 Å². The van der Waals surface area contributed by atoms with E-state index in [-0.39, 0.29) is 29.7 Å². The van der Waals surface area contributed by atoms with E-state index in [2.05, 4.69) is 10.4 Å². The number of phenols is 1. The molecule has 2 amide bonds. The van der Waals surface area contributed by atoms with Gasteiger partial charge < -0.3 is 24.8 Å². The fourth-order valence-electron chi connectivity index (χ4n) is 2.87. The van der Waals surface area contributed by atoms with Gasteiger partial charge in [-0.1, -0.05) is 0 Å². The molecule has 9 heteroatoms. The van der Waals surface area contributed by atoms with Gasteiger partial charge in [-0.3, -0.25) is 14.3 Å². The van der Waals surface area contributed by atoms with E-state index in [4.69, 9.17) is 9.47 Å². The number of ether oxygens (including phenoxy) is 2. The van der Waals surface area contributed by atoms with Crippen LogP contribution in [-0.2, 0) is 7.05 Å². The fourth-order valence-corrected chi connectivity index (χ4v) is 2.87. The first kappa shape index (κ1) is 18.4. The molecule has 0 spiro atoms. The highest BCUT2D eigenvalue weighted by Crippen LogP contribution is 2.33. The van der Waals surface area contributed by atoms with Crippen LogP contribution in [0.3, 0.4) is 0 Å². The summed E-state index contributed by atoms with van der Waals surface area (Å²) < 4.78 is 12.9. The van der Waals surface area contributed by atoms with Crippen LogP contribution in [0.5, 0.6) is 23.0 Å². The minimum absolute atomic E-state index is 0.125. The first-order valence-electron chi connectivity index (χ1n) is 8.74. The van der Waals surface area contributed by atoms with E-state index in [0.717, 1.165) is 0 Å². The van der Waals surface area contributed by atoms with Gasteiger partial charge in [-0.25, -0.2) is 0 Å². The SMILES string of the molecule is CN1COc2cc(Oc3cc(O)cc(C(=O)Nc4ccn(C)n4)c3)ccc2C1=O. The molecule has 2 N–H and O–H groups in total. The molecule has 0 aliphatic carbocycles. The van der Waals surface area contributed by atoms with Crippen molar-refractivity contribution in [3.63, 3.8) is 0 Å². The summed E-state index contributed by atoms with van der Waals surface area (Å²) in [7, 11) is 3.39. The van der Waals surface area contributed by atoms with Crippen molar-refractivity contribution < 1.29 is 24.2 Å². The number of fused-ring (bicyclic) bond motifs is 1. The van der Waals surface area contributed by atoms with Crippen molar-refractivity contribution in [3.05, 3.63) is 59.8 Å². The van der Waals surface area contributed by atoms with E-state index in [1.165, 1.54) is 23.1 Å². The largest absolute Gasteiger partial charge is 0.508 e. The first-order chi connectivity index (χ1) is 13.9. The van der Waals surface area contributed by atoms with Crippen molar-refractivity contribution in [1.29, 1.82) is 0 Å². The predicted molar refractivity (Wildman–Crippen MR) is 103 cm³/mol. The van der Waals surface area contributed by atoms with Gasteiger partial charge in [0.2, 0.25) is 0 Å². The number of hydrogen-bond donors (Lipinski definition) is 2. The number of nitrogens with zero attached hydrogens (tertiary/aromatic N) is 3. The maximum Gasteiger partial charge on any atom is 0.259 e. The third-order valence-corrected chi connectivity index (χ3v) is 4.29. The molecule has 148 valence electrons. The Morgan fingerprint density at radius 3 is 2.76 bits per heavy atom. The summed E-state index contributed by atoms with van der Waals surface area (Å²) in [5.74, 6) is 0.775. The zero-order valence-electron chi connectivity index (χ0n) is 15.7. The topological polar surface area (TPSA) is 106 Å². The number of benzene rings is 2. The molecule has 3 aromatic rings. The second-order valence-electron chi connectivity index (χ2n) is 6.58. The van der Waals surface area contributed by atoms with Crippen LogP contribution in [-0.4, -0.2) is 45.4 Å². The minimum atomic E-state index is -0.438. The monoisotopic (exact) mass is 394 g/mol. The summed E-state index contributed by atoms with van der Waals surface area (Å²) in [4.78, 5) is 26.0. The Hall–Kier alpha value is -4.01. The van der Waals surface area contributed by atoms with Crippen molar-refractivity contribution in [3.8, 4) is 23.0 Å². The van der Waals surface area contributed by atoms with Gasteiger partial charge in [0.05, 0.1) is 5.56 Å². The van der Waals surface area contributed by atoms with Crippen molar-refractivity contribution in [1.82, 2.24) is 14.7 Å². The van der Waals surface area contributed by atoms with Gasteiger partial charge in [0.1, 0.15) is 23.0 Å². The van der Waals surface area contributed by atoms with Crippen LogP contribution in [0.25, 0.3) is 0 Å². The molecule has 0 saturated heterocycles. The highest BCUT2D eigenvalue weighted by molar-refractivity contribution is 6.04. The second kappa shape index (κ2) is 7.19. The van der Waals surface area contributed by atoms with E-state index in [1.807, 2.05) is 0 Å². The quantitative estimate of drug-likeness (QED) is 0.705. The average Bonchev–Trinajstić information content (AvgIpc) is 3.09. The maximum absolute atomic E-state index is 12.4. The molecule has 9 nitrogen and oxygen atoms in total. The summed E-state index contributed by atoms with van der Waals surface area (Å²) in [6.45, 7) is 0.152. The molecule has 29 heavy (non-hydrogen) atoms. The standard InChI is InChI=1S/C20H18N4O5/c1-23-11-28-17-10-14(3-4-16(17)20(23)27)29-15-8-12(7-13(25)9-15)19(26)21-18-5-6-24(2)22-18/h3-10,25H,11H2,1-2H3,(H,21,22,26). The lowest BCUT2D eigenvalue weighted by molar-refractivity contribution is 0.0595. The van der Waals surface area contributed by atoms with E-state index < -0.39 is 5.91 Å². The number of amides is 2. The Labute approximate surface area is 166 Å². The molecule has 0 saturated carbocycles. The molecule has 1 aromatic heterocycles. The molecule has 0 atom stereocenters. The van der Waals surface area contributed by atoms with Crippen LogP contribution < -0.4 is 14.8 Å². The third kappa shape index (κ3) is 3.84. The third-order valence-electron chi connectivity index (χ3n) is 4.29. The van der Waals surface area contributed by atoms with E-state index >= 15 is 0 Å². The molecule has 0 bridgehead atoms. The van der Waals surface area contributed by atoms with Crippen molar-refractivity contribution >= 4 is 17.6 Å². The van der Waals surface area contributed by atoms with Crippen LogP contribution in [0.2, 0.25) is 0 Å². The van der Waals surface area contributed by atoms with Crippen molar-refractivity contribution in [2.75, 3.05) is 19.1 Å². The number of phenolic OH excluding ortho intramolecular Hbond substituents is 1.